The molecule has 1 aromatic rings. The van der Waals surface area contributed by atoms with Crippen molar-refractivity contribution in [2.75, 3.05) is 32.6 Å². The maximum absolute atomic E-state index is 10.2. The number of carbonyl (C=O) groups excluding carboxylic acids is 1. The molecule has 2 rings (SSSR count). The van der Waals surface area contributed by atoms with Crippen LogP contribution in [-0.2, 0) is 4.79 Å². The quantitative estimate of drug-likeness (QED) is 0.224. The summed E-state index contributed by atoms with van der Waals surface area (Å²) >= 11 is 0. The average Bonchev–Trinajstić information content (AvgIpc) is 2.64. The van der Waals surface area contributed by atoms with Gasteiger partial charge >= 0.3 is 0 Å². The fraction of sp³-hybridized carbons (Fsp3) is 0.235. The first-order valence-corrected chi connectivity index (χ1v) is 7.96. The zero-order chi connectivity index (χ0) is 18.8. The molecule has 0 aliphatic carbocycles. The maximum Gasteiger partial charge on any atom is 0.207 e. The van der Waals surface area contributed by atoms with Gasteiger partial charge in [0.05, 0.1) is 6.54 Å². The van der Waals surface area contributed by atoms with Crippen LogP contribution in [0.15, 0.2) is 58.5 Å². The smallest absolute Gasteiger partial charge is 0.207 e. The third-order valence-electron chi connectivity index (χ3n) is 3.31. The first-order chi connectivity index (χ1) is 12.7. The molecule has 1 aromatic carbocycles. The summed E-state index contributed by atoms with van der Waals surface area (Å²) in [4.78, 5) is 18.4. The molecule has 4 N–H and O–H groups in total. The van der Waals surface area contributed by atoms with Crippen LogP contribution in [0.1, 0.15) is 0 Å². The van der Waals surface area contributed by atoms with Crippen LogP contribution < -0.4 is 26.1 Å². The van der Waals surface area contributed by atoms with E-state index in [1.807, 2.05) is 30.3 Å². The van der Waals surface area contributed by atoms with Gasteiger partial charge in [-0.05, 0) is 12.1 Å². The second kappa shape index (κ2) is 9.72. The van der Waals surface area contributed by atoms with Crippen LogP contribution in [0, 0.1) is 0 Å². The third kappa shape index (κ3) is 5.26. The van der Waals surface area contributed by atoms with Crippen LogP contribution in [0.3, 0.4) is 0 Å². The number of amides is 1. The normalized spacial score (nSPS) is 15.5. The number of ether oxygens (including phenoxy) is 1. The fourth-order valence-electron chi connectivity index (χ4n) is 2.18. The van der Waals surface area contributed by atoms with Crippen LogP contribution in [0.5, 0.6) is 5.75 Å². The molecule has 1 amide bonds. The van der Waals surface area contributed by atoms with E-state index >= 15 is 0 Å². The third-order valence-corrected chi connectivity index (χ3v) is 3.31. The average molecular weight is 357 g/mol. The van der Waals surface area contributed by atoms with Gasteiger partial charge in [-0.1, -0.05) is 12.6 Å². The van der Waals surface area contributed by atoms with Crippen molar-refractivity contribution < 1.29 is 9.53 Å². The summed E-state index contributed by atoms with van der Waals surface area (Å²) in [5.74, 6) is 2.69. The number of hydrogen-bond acceptors (Lipinski definition) is 6. The minimum Gasteiger partial charge on any atom is -0.492 e. The molecule has 0 unspecified atom stereocenters. The Morgan fingerprint density at radius 3 is 2.96 bits per heavy atom. The molecule has 9 heteroatoms. The van der Waals surface area contributed by atoms with E-state index < -0.39 is 0 Å². The number of benzene rings is 1. The summed E-state index contributed by atoms with van der Waals surface area (Å²) in [7, 11) is 3.37. The van der Waals surface area contributed by atoms with E-state index in [2.05, 4.69) is 37.9 Å². The summed E-state index contributed by atoms with van der Waals surface area (Å²) in [6, 6.07) is 7.51. The summed E-state index contributed by atoms with van der Waals surface area (Å²) in [6.07, 6.45) is 4.03. The van der Waals surface area contributed by atoms with Gasteiger partial charge in [-0.3, -0.25) is 20.2 Å². The van der Waals surface area contributed by atoms with Gasteiger partial charge in [-0.15, -0.1) is 0 Å². The molecule has 138 valence electrons. The molecule has 0 aromatic heterocycles. The Bertz CT molecular complexity index is 728. The predicted molar refractivity (Wildman–Crippen MR) is 103 cm³/mol. The number of aliphatic imine (C=N–C) groups is 2. The van der Waals surface area contributed by atoms with Crippen LogP contribution >= 0.6 is 0 Å². The van der Waals surface area contributed by atoms with Crippen molar-refractivity contribution in [1.82, 2.24) is 21.1 Å². The van der Waals surface area contributed by atoms with Gasteiger partial charge in [0.2, 0.25) is 6.41 Å². The Morgan fingerprint density at radius 1 is 1.38 bits per heavy atom. The SMILES string of the molecule is C=C1NC(Nc2cccc(OCCNC=O)c2)=CC(=NC)N1NC=NC. The summed E-state index contributed by atoms with van der Waals surface area (Å²) in [5.41, 5.74) is 3.81. The Labute approximate surface area is 152 Å². The van der Waals surface area contributed by atoms with Gasteiger partial charge < -0.3 is 20.7 Å². The van der Waals surface area contributed by atoms with Crippen molar-refractivity contribution in [3.8, 4) is 5.75 Å². The van der Waals surface area contributed by atoms with Gasteiger partial charge in [0.15, 0.2) is 5.84 Å². The lowest BCUT2D eigenvalue weighted by Gasteiger charge is -2.31. The Kier molecular flexibility index (Phi) is 7.04. The van der Waals surface area contributed by atoms with E-state index in [9.17, 15) is 4.79 Å². The highest BCUT2D eigenvalue weighted by molar-refractivity contribution is 5.96. The lowest BCUT2D eigenvalue weighted by Crippen LogP contribution is -2.48. The molecule has 0 radical (unpaired) electrons. The van der Waals surface area contributed by atoms with Gasteiger partial charge in [0.1, 0.15) is 30.3 Å². The molecule has 1 heterocycles. The fourth-order valence-corrected chi connectivity index (χ4v) is 2.18. The molecule has 1 aliphatic heterocycles. The second-order valence-corrected chi connectivity index (χ2v) is 5.14. The number of carbonyl (C=O) groups is 1. The molecule has 1 aliphatic rings. The van der Waals surface area contributed by atoms with Gasteiger partial charge in [0, 0.05) is 31.9 Å². The monoisotopic (exact) mass is 357 g/mol. The Morgan fingerprint density at radius 2 is 2.23 bits per heavy atom. The van der Waals surface area contributed by atoms with Gasteiger partial charge in [0.25, 0.3) is 0 Å². The molecular formula is C17H23N7O2. The van der Waals surface area contributed by atoms with Crippen molar-refractivity contribution >= 4 is 24.3 Å². The number of hydrogen-bond donors (Lipinski definition) is 4. The number of rotatable bonds is 9. The van der Waals surface area contributed by atoms with Gasteiger partial charge in [-0.2, -0.15) is 0 Å². The number of nitrogens with zero attached hydrogens (tertiary/aromatic N) is 3. The van der Waals surface area contributed by atoms with Crippen molar-refractivity contribution in [1.29, 1.82) is 0 Å². The predicted octanol–water partition coefficient (Wildman–Crippen LogP) is 0.632. The summed E-state index contributed by atoms with van der Waals surface area (Å²) in [6.45, 7) is 4.83. The molecule has 0 saturated heterocycles. The van der Waals surface area contributed by atoms with Crippen LogP contribution in [0.25, 0.3) is 0 Å². The van der Waals surface area contributed by atoms with Crippen molar-refractivity contribution in [3.63, 3.8) is 0 Å². The zero-order valence-electron chi connectivity index (χ0n) is 14.8. The van der Waals surface area contributed by atoms with E-state index in [0.717, 1.165) is 11.5 Å². The Balaban J connectivity index is 2.05. The second-order valence-electron chi connectivity index (χ2n) is 5.14. The largest absolute Gasteiger partial charge is 0.492 e. The van der Waals surface area contributed by atoms with Crippen molar-refractivity contribution in [3.05, 3.63) is 48.6 Å². The highest BCUT2D eigenvalue weighted by Crippen LogP contribution is 2.19. The van der Waals surface area contributed by atoms with Crippen LogP contribution in [0.2, 0.25) is 0 Å². The minimum absolute atomic E-state index is 0.395. The molecule has 9 nitrogen and oxygen atoms in total. The van der Waals surface area contributed by atoms with Crippen molar-refractivity contribution in [2.45, 2.75) is 0 Å². The molecule has 0 spiro atoms. The molecule has 0 bridgehead atoms. The maximum atomic E-state index is 10.2. The molecule has 0 saturated carbocycles. The summed E-state index contributed by atoms with van der Waals surface area (Å²) in [5, 5.41) is 10.6. The van der Waals surface area contributed by atoms with Crippen LogP contribution in [0.4, 0.5) is 5.69 Å². The Hall–Kier alpha value is -3.49. The molecular weight excluding hydrogens is 334 g/mol. The van der Waals surface area contributed by atoms with E-state index in [0.29, 0.717) is 37.0 Å². The lowest BCUT2D eigenvalue weighted by molar-refractivity contribution is -0.109. The van der Waals surface area contributed by atoms with Crippen molar-refractivity contribution in [2.24, 2.45) is 9.98 Å². The molecule has 26 heavy (non-hydrogen) atoms. The molecule has 0 fully saturated rings. The topological polar surface area (TPSA) is 102 Å². The highest BCUT2D eigenvalue weighted by atomic mass is 16.5. The lowest BCUT2D eigenvalue weighted by atomic mass is 10.3. The number of hydrazine groups is 1. The molecule has 0 atom stereocenters. The minimum atomic E-state index is 0.395. The van der Waals surface area contributed by atoms with E-state index in [4.69, 9.17) is 4.74 Å². The first-order valence-electron chi connectivity index (χ1n) is 7.96. The summed E-state index contributed by atoms with van der Waals surface area (Å²) < 4.78 is 5.59. The van der Waals surface area contributed by atoms with Crippen LogP contribution in [-0.4, -0.2) is 50.8 Å². The number of nitrogens with one attached hydrogen (secondary N) is 4. The van der Waals surface area contributed by atoms with E-state index in [1.54, 1.807) is 25.4 Å². The van der Waals surface area contributed by atoms with E-state index in [-0.39, 0.29) is 0 Å². The van der Waals surface area contributed by atoms with E-state index in [1.165, 1.54) is 0 Å². The first kappa shape index (κ1) is 18.8. The zero-order valence-corrected chi connectivity index (χ0v) is 14.8. The van der Waals surface area contributed by atoms with Gasteiger partial charge in [-0.25, -0.2) is 5.01 Å². The highest BCUT2D eigenvalue weighted by Gasteiger charge is 2.19. The number of anilines is 1. The number of amidine groups is 1. The standard InChI is InChI=1S/C17H23N7O2/c1-13-22-16(10-17(19-3)24(13)21-11-18-2)23-14-5-4-6-15(9-14)26-8-7-20-12-25/h4-6,9-12,22-23H,1,7-8H2,2-3H3,(H,18,21)(H,20,25).